The molecule has 1 saturated heterocycles. The van der Waals surface area contributed by atoms with Crippen LogP contribution in [0.3, 0.4) is 0 Å². The minimum atomic E-state index is -0.352. The molecule has 0 bridgehead atoms. The first kappa shape index (κ1) is 16.4. The molecule has 2 heterocycles. The molecule has 126 valence electrons. The lowest BCUT2D eigenvalue weighted by Crippen LogP contribution is -2.42. The first-order valence-corrected chi connectivity index (χ1v) is 7.89. The van der Waals surface area contributed by atoms with E-state index in [1.54, 1.807) is 4.90 Å². The molecule has 0 aliphatic carbocycles. The fourth-order valence-corrected chi connectivity index (χ4v) is 2.79. The maximum Gasteiger partial charge on any atom is 0.254 e. The monoisotopic (exact) mass is 329 g/mol. The predicted octanol–water partition coefficient (Wildman–Crippen LogP) is 2.78. The van der Waals surface area contributed by atoms with Crippen molar-refractivity contribution in [2.45, 2.75) is 13.0 Å². The van der Waals surface area contributed by atoms with Crippen molar-refractivity contribution in [1.29, 1.82) is 0 Å². The molecule has 5 nitrogen and oxygen atoms in total. The van der Waals surface area contributed by atoms with Gasteiger partial charge in [-0.3, -0.25) is 9.78 Å². The summed E-state index contributed by atoms with van der Waals surface area (Å²) < 4.78 is 18.8. The second kappa shape index (κ2) is 6.97. The van der Waals surface area contributed by atoms with Gasteiger partial charge in [-0.05, 0) is 43.3 Å². The summed E-state index contributed by atoms with van der Waals surface area (Å²) >= 11 is 0. The molecular formula is C18H20FN3O2. The summed E-state index contributed by atoms with van der Waals surface area (Å²) in [5, 5.41) is 3.10. The number of hydrogen-bond donors (Lipinski definition) is 1. The lowest BCUT2D eigenvalue weighted by atomic mass is 10.1. The normalized spacial score (nSPS) is 17.6. The van der Waals surface area contributed by atoms with Crippen molar-refractivity contribution in [2.75, 3.05) is 32.1 Å². The van der Waals surface area contributed by atoms with Gasteiger partial charge in [0, 0.05) is 30.5 Å². The third kappa shape index (κ3) is 3.54. The van der Waals surface area contributed by atoms with Crippen LogP contribution in [0.15, 0.2) is 36.4 Å². The molecule has 24 heavy (non-hydrogen) atoms. The molecule has 1 amide bonds. The van der Waals surface area contributed by atoms with Gasteiger partial charge >= 0.3 is 0 Å². The lowest BCUT2D eigenvalue weighted by molar-refractivity contribution is -0.0247. The van der Waals surface area contributed by atoms with Crippen molar-refractivity contribution in [3.8, 4) is 0 Å². The minimum Gasteiger partial charge on any atom is -0.388 e. The van der Waals surface area contributed by atoms with Gasteiger partial charge in [-0.2, -0.15) is 0 Å². The Kier molecular flexibility index (Phi) is 4.76. The molecule has 3 rings (SSSR count). The SMILES string of the molecule is CNc1cc(C)nc([C@H]2CN(C(=O)c3ccc(F)cc3)CCO2)c1. The smallest absolute Gasteiger partial charge is 0.254 e. The fourth-order valence-electron chi connectivity index (χ4n) is 2.79. The van der Waals surface area contributed by atoms with Crippen LogP contribution in [0.5, 0.6) is 0 Å². The number of aromatic nitrogens is 1. The van der Waals surface area contributed by atoms with E-state index in [4.69, 9.17) is 4.74 Å². The molecule has 1 atom stereocenters. The zero-order valence-electron chi connectivity index (χ0n) is 13.8. The second-order valence-corrected chi connectivity index (χ2v) is 5.79. The van der Waals surface area contributed by atoms with Crippen LogP contribution in [0, 0.1) is 12.7 Å². The summed E-state index contributed by atoms with van der Waals surface area (Å²) in [6, 6.07) is 9.49. The highest BCUT2D eigenvalue weighted by Gasteiger charge is 2.27. The van der Waals surface area contributed by atoms with Crippen molar-refractivity contribution in [3.63, 3.8) is 0 Å². The highest BCUT2D eigenvalue weighted by molar-refractivity contribution is 5.94. The standard InChI is InChI=1S/C18H20FN3O2/c1-12-9-15(20-2)10-16(21-12)17-11-22(7-8-24-17)18(23)13-3-5-14(19)6-4-13/h3-6,9-10,17H,7-8,11H2,1-2H3,(H,20,21)/t17-/m1/s1. The van der Waals surface area contributed by atoms with E-state index < -0.39 is 0 Å². The van der Waals surface area contributed by atoms with Gasteiger partial charge in [-0.1, -0.05) is 0 Å². The van der Waals surface area contributed by atoms with E-state index >= 15 is 0 Å². The molecule has 1 aliphatic heterocycles. The number of nitrogens with zero attached hydrogens (tertiary/aromatic N) is 2. The van der Waals surface area contributed by atoms with Crippen molar-refractivity contribution >= 4 is 11.6 Å². The third-order valence-electron chi connectivity index (χ3n) is 4.04. The van der Waals surface area contributed by atoms with Gasteiger partial charge in [-0.25, -0.2) is 4.39 Å². The topological polar surface area (TPSA) is 54.5 Å². The first-order chi connectivity index (χ1) is 11.6. The average Bonchev–Trinajstić information content (AvgIpc) is 2.61. The van der Waals surface area contributed by atoms with Crippen molar-refractivity contribution < 1.29 is 13.9 Å². The largest absolute Gasteiger partial charge is 0.388 e. The molecule has 1 fully saturated rings. The lowest BCUT2D eigenvalue weighted by Gasteiger charge is -2.33. The Hall–Kier alpha value is -2.47. The number of ether oxygens (including phenoxy) is 1. The van der Waals surface area contributed by atoms with Crippen LogP contribution < -0.4 is 5.32 Å². The number of carbonyl (C=O) groups excluding carboxylic acids is 1. The van der Waals surface area contributed by atoms with E-state index in [2.05, 4.69) is 10.3 Å². The Bertz CT molecular complexity index is 734. The quantitative estimate of drug-likeness (QED) is 0.941. The second-order valence-electron chi connectivity index (χ2n) is 5.79. The van der Waals surface area contributed by atoms with Gasteiger partial charge in [0.05, 0.1) is 18.8 Å². The van der Waals surface area contributed by atoms with Gasteiger partial charge in [0.2, 0.25) is 0 Å². The summed E-state index contributed by atoms with van der Waals surface area (Å²) in [5.41, 5.74) is 3.13. The molecule has 1 aliphatic rings. The van der Waals surface area contributed by atoms with E-state index in [1.807, 2.05) is 26.1 Å². The van der Waals surface area contributed by atoms with E-state index in [0.717, 1.165) is 17.1 Å². The molecule has 0 spiro atoms. The number of morpholine rings is 1. The van der Waals surface area contributed by atoms with Crippen LogP contribution in [-0.4, -0.2) is 42.5 Å². The Morgan fingerprint density at radius 3 is 2.79 bits per heavy atom. The minimum absolute atomic E-state index is 0.121. The molecule has 1 aromatic heterocycles. The van der Waals surface area contributed by atoms with Crippen LogP contribution in [-0.2, 0) is 4.74 Å². The van der Waals surface area contributed by atoms with E-state index in [9.17, 15) is 9.18 Å². The molecule has 0 saturated carbocycles. The van der Waals surface area contributed by atoms with Crippen LogP contribution in [0.1, 0.15) is 27.8 Å². The molecule has 1 N–H and O–H groups in total. The van der Waals surface area contributed by atoms with Gasteiger partial charge < -0.3 is 15.0 Å². The van der Waals surface area contributed by atoms with Crippen molar-refractivity contribution in [3.05, 3.63) is 59.2 Å². The molecular weight excluding hydrogens is 309 g/mol. The zero-order chi connectivity index (χ0) is 17.1. The number of anilines is 1. The van der Waals surface area contributed by atoms with E-state index in [1.165, 1.54) is 24.3 Å². The average molecular weight is 329 g/mol. The number of benzene rings is 1. The zero-order valence-corrected chi connectivity index (χ0v) is 13.8. The first-order valence-electron chi connectivity index (χ1n) is 7.89. The van der Waals surface area contributed by atoms with Gasteiger partial charge in [0.15, 0.2) is 0 Å². The number of amides is 1. The van der Waals surface area contributed by atoms with Gasteiger partial charge in [-0.15, -0.1) is 0 Å². The van der Waals surface area contributed by atoms with Gasteiger partial charge in [0.25, 0.3) is 5.91 Å². The van der Waals surface area contributed by atoms with Crippen molar-refractivity contribution in [2.24, 2.45) is 0 Å². The predicted molar refractivity (Wildman–Crippen MR) is 89.5 cm³/mol. The van der Waals surface area contributed by atoms with E-state index in [0.29, 0.717) is 25.3 Å². The Labute approximate surface area is 140 Å². The summed E-state index contributed by atoms with van der Waals surface area (Å²) in [6.45, 7) is 3.31. The number of hydrogen-bond acceptors (Lipinski definition) is 4. The van der Waals surface area contributed by atoms with Crippen LogP contribution >= 0.6 is 0 Å². The number of aryl methyl sites for hydroxylation is 1. The number of pyridine rings is 1. The molecule has 2 aromatic rings. The Morgan fingerprint density at radius 2 is 2.08 bits per heavy atom. The van der Waals surface area contributed by atoms with Gasteiger partial charge in [0.1, 0.15) is 11.9 Å². The summed E-state index contributed by atoms with van der Waals surface area (Å²) in [4.78, 5) is 18.9. The number of halogens is 1. The number of rotatable bonds is 3. The maximum absolute atomic E-state index is 13.0. The fraction of sp³-hybridized carbons (Fsp3) is 0.333. The number of nitrogens with one attached hydrogen (secondary N) is 1. The molecule has 6 heteroatoms. The molecule has 0 radical (unpaired) electrons. The maximum atomic E-state index is 13.0. The Morgan fingerprint density at radius 1 is 1.33 bits per heavy atom. The summed E-state index contributed by atoms with van der Waals surface area (Å²) in [6.07, 6.45) is -0.268. The summed E-state index contributed by atoms with van der Waals surface area (Å²) in [7, 11) is 1.85. The number of carbonyl (C=O) groups is 1. The third-order valence-corrected chi connectivity index (χ3v) is 4.04. The highest BCUT2D eigenvalue weighted by Crippen LogP contribution is 2.24. The molecule has 0 unspecified atom stereocenters. The Balaban J connectivity index is 1.78. The highest BCUT2D eigenvalue weighted by atomic mass is 19.1. The van der Waals surface area contributed by atoms with Crippen LogP contribution in [0.25, 0.3) is 0 Å². The van der Waals surface area contributed by atoms with E-state index in [-0.39, 0.29) is 17.8 Å². The molecule has 1 aromatic carbocycles. The van der Waals surface area contributed by atoms with Crippen LogP contribution in [0.2, 0.25) is 0 Å². The van der Waals surface area contributed by atoms with Crippen molar-refractivity contribution in [1.82, 2.24) is 9.88 Å². The summed E-state index contributed by atoms with van der Waals surface area (Å²) in [5.74, 6) is -0.472. The van der Waals surface area contributed by atoms with Crippen LogP contribution in [0.4, 0.5) is 10.1 Å².